The first-order chi connectivity index (χ1) is 14.0. The third-order valence-corrected chi connectivity index (χ3v) is 6.21. The summed E-state index contributed by atoms with van der Waals surface area (Å²) in [5, 5.41) is 0.768. The Kier molecular flexibility index (Phi) is 5.33. The number of benzene rings is 2. The van der Waals surface area contributed by atoms with Crippen molar-refractivity contribution in [3.05, 3.63) is 82.3 Å². The Morgan fingerprint density at radius 2 is 1.72 bits per heavy atom. The highest BCUT2D eigenvalue weighted by atomic mass is 32.2. The van der Waals surface area contributed by atoms with Gasteiger partial charge in [0.05, 0.1) is 0 Å². The van der Waals surface area contributed by atoms with Gasteiger partial charge in [0.25, 0.3) is 5.56 Å². The number of hydrogen-bond acceptors (Lipinski definition) is 3. The van der Waals surface area contributed by atoms with Gasteiger partial charge in [-0.25, -0.2) is 4.98 Å². The molecule has 0 amide bonds. The second-order valence-electron chi connectivity index (χ2n) is 7.60. The lowest BCUT2D eigenvalue weighted by Crippen LogP contribution is -2.26. The third-order valence-electron chi connectivity index (χ3n) is 5.21. The number of aromatic nitrogens is 3. The minimum Gasteiger partial charge on any atom is -0.344 e. The zero-order valence-corrected chi connectivity index (χ0v) is 18.0. The first-order valence-corrected chi connectivity index (χ1v) is 10.8. The van der Waals surface area contributed by atoms with E-state index in [0.717, 1.165) is 27.6 Å². The molecule has 0 aliphatic heterocycles. The van der Waals surface area contributed by atoms with Crippen LogP contribution >= 0.6 is 11.8 Å². The highest BCUT2D eigenvalue weighted by molar-refractivity contribution is 7.98. The van der Waals surface area contributed by atoms with Crippen molar-refractivity contribution < 1.29 is 0 Å². The summed E-state index contributed by atoms with van der Waals surface area (Å²) in [6, 6.07) is 18.5. The van der Waals surface area contributed by atoms with E-state index in [4.69, 9.17) is 4.98 Å². The van der Waals surface area contributed by atoms with Crippen molar-refractivity contribution >= 4 is 22.8 Å². The van der Waals surface area contributed by atoms with Crippen LogP contribution in [0, 0.1) is 6.92 Å². The first kappa shape index (κ1) is 19.5. The summed E-state index contributed by atoms with van der Waals surface area (Å²) in [5.74, 6) is 0.783. The van der Waals surface area contributed by atoms with Gasteiger partial charge in [-0.05, 0) is 37.5 Å². The van der Waals surface area contributed by atoms with Crippen LogP contribution in [0.1, 0.15) is 31.0 Å². The van der Waals surface area contributed by atoms with Gasteiger partial charge in [0.2, 0.25) is 0 Å². The zero-order valence-electron chi connectivity index (χ0n) is 17.2. The highest BCUT2D eigenvalue weighted by Crippen LogP contribution is 2.31. The quantitative estimate of drug-likeness (QED) is 0.322. The summed E-state index contributed by atoms with van der Waals surface area (Å²) in [5.41, 5.74) is 6.02. The Hall–Kier alpha value is -2.79. The predicted molar refractivity (Wildman–Crippen MR) is 122 cm³/mol. The molecule has 2 aromatic carbocycles. The SMILES string of the molecule is Cc1ccccc1CSc1nc2c(-c3ccccc3)cn(C)c2c(=O)n1C(C)C. The molecule has 2 heterocycles. The van der Waals surface area contributed by atoms with Gasteiger partial charge in [0, 0.05) is 30.6 Å². The van der Waals surface area contributed by atoms with Crippen LogP contribution < -0.4 is 5.56 Å². The van der Waals surface area contributed by atoms with Crippen LogP contribution in [-0.4, -0.2) is 14.1 Å². The van der Waals surface area contributed by atoms with Gasteiger partial charge in [0.1, 0.15) is 11.0 Å². The molecule has 4 nitrogen and oxygen atoms in total. The molecule has 4 aromatic rings. The van der Waals surface area contributed by atoms with Gasteiger partial charge in [0.15, 0.2) is 5.16 Å². The van der Waals surface area contributed by atoms with Gasteiger partial charge >= 0.3 is 0 Å². The van der Waals surface area contributed by atoms with Gasteiger partial charge in [-0.1, -0.05) is 66.4 Å². The minimum absolute atomic E-state index is 0.0157. The maximum atomic E-state index is 13.4. The smallest absolute Gasteiger partial charge is 0.278 e. The molecule has 2 aromatic heterocycles. The van der Waals surface area contributed by atoms with E-state index in [9.17, 15) is 4.79 Å². The van der Waals surface area contributed by atoms with E-state index in [-0.39, 0.29) is 11.6 Å². The number of rotatable bonds is 5. The number of fused-ring (bicyclic) bond motifs is 1. The van der Waals surface area contributed by atoms with Crippen LogP contribution in [0.15, 0.2) is 70.7 Å². The fourth-order valence-corrected chi connectivity index (χ4v) is 4.83. The molecule has 0 fully saturated rings. The molecule has 0 radical (unpaired) electrons. The molecule has 0 atom stereocenters. The van der Waals surface area contributed by atoms with Crippen LogP contribution in [0.5, 0.6) is 0 Å². The van der Waals surface area contributed by atoms with Crippen LogP contribution in [0.3, 0.4) is 0 Å². The molecule has 0 spiro atoms. The molecular weight excluding hydrogens is 378 g/mol. The van der Waals surface area contributed by atoms with E-state index in [1.807, 2.05) is 60.5 Å². The van der Waals surface area contributed by atoms with E-state index >= 15 is 0 Å². The molecule has 0 aliphatic rings. The fraction of sp³-hybridized carbons (Fsp3) is 0.250. The van der Waals surface area contributed by atoms with E-state index in [0.29, 0.717) is 5.52 Å². The van der Waals surface area contributed by atoms with E-state index in [1.165, 1.54) is 11.1 Å². The zero-order chi connectivity index (χ0) is 20.5. The topological polar surface area (TPSA) is 39.8 Å². The van der Waals surface area contributed by atoms with Crippen molar-refractivity contribution in [1.29, 1.82) is 0 Å². The van der Waals surface area contributed by atoms with Gasteiger partial charge < -0.3 is 4.57 Å². The Balaban J connectivity index is 1.88. The molecule has 0 aliphatic carbocycles. The molecule has 0 bridgehead atoms. The average molecular weight is 404 g/mol. The molecule has 0 N–H and O–H groups in total. The minimum atomic E-state index is 0.0157. The van der Waals surface area contributed by atoms with Gasteiger partial charge in [-0.3, -0.25) is 9.36 Å². The molecule has 29 heavy (non-hydrogen) atoms. The van der Waals surface area contributed by atoms with Crippen LogP contribution in [0.2, 0.25) is 0 Å². The summed E-state index contributed by atoms with van der Waals surface area (Å²) in [4.78, 5) is 18.4. The summed E-state index contributed by atoms with van der Waals surface area (Å²) in [6.07, 6.45) is 2.01. The molecule has 4 rings (SSSR count). The monoisotopic (exact) mass is 403 g/mol. The molecule has 148 valence electrons. The highest BCUT2D eigenvalue weighted by Gasteiger charge is 2.20. The summed E-state index contributed by atoms with van der Waals surface area (Å²) >= 11 is 1.63. The molecule has 0 saturated heterocycles. The van der Waals surface area contributed by atoms with Gasteiger partial charge in [-0.2, -0.15) is 0 Å². The van der Waals surface area contributed by atoms with Crippen LogP contribution in [-0.2, 0) is 12.8 Å². The third kappa shape index (κ3) is 3.62. The lowest BCUT2D eigenvalue weighted by molar-refractivity contribution is 0.517. The Labute approximate surface area is 175 Å². The normalized spacial score (nSPS) is 11.5. The maximum absolute atomic E-state index is 13.4. The molecule has 5 heteroatoms. The van der Waals surface area contributed by atoms with Crippen molar-refractivity contribution in [3.8, 4) is 11.1 Å². The van der Waals surface area contributed by atoms with Gasteiger partial charge in [-0.15, -0.1) is 0 Å². The Morgan fingerprint density at radius 3 is 2.41 bits per heavy atom. The van der Waals surface area contributed by atoms with E-state index in [2.05, 4.69) is 37.3 Å². The van der Waals surface area contributed by atoms with Crippen LogP contribution in [0.25, 0.3) is 22.2 Å². The van der Waals surface area contributed by atoms with Crippen molar-refractivity contribution in [2.75, 3.05) is 0 Å². The number of hydrogen-bond donors (Lipinski definition) is 0. The summed E-state index contributed by atoms with van der Waals surface area (Å²) in [7, 11) is 1.92. The van der Waals surface area contributed by atoms with Crippen molar-refractivity contribution in [1.82, 2.24) is 14.1 Å². The lowest BCUT2D eigenvalue weighted by Gasteiger charge is -2.16. The number of thioether (sulfide) groups is 1. The Morgan fingerprint density at radius 1 is 1.03 bits per heavy atom. The summed E-state index contributed by atoms with van der Waals surface area (Å²) < 4.78 is 3.72. The van der Waals surface area contributed by atoms with E-state index < -0.39 is 0 Å². The predicted octanol–water partition coefficient (Wildman–Crippen LogP) is 5.58. The van der Waals surface area contributed by atoms with Crippen molar-refractivity contribution in [2.24, 2.45) is 7.05 Å². The first-order valence-electron chi connectivity index (χ1n) is 9.81. The second-order valence-corrected chi connectivity index (χ2v) is 8.54. The second kappa shape index (κ2) is 7.91. The molecular formula is C24H25N3OS. The Bertz CT molecular complexity index is 1220. The average Bonchev–Trinajstić information content (AvgIpc) is 3.04. The number of nitrogens with zero attached hydrogens (tertiary/aromatic N) is 3. The van der Waals surface area contributed by atoms with Crippen LogP contribution in [0.4, 0.5) is 0 Å². The summed E-state index contributed by atoms with van der Waals surface area (Å²) in [6.45, 7) is 6.19. The fourth-order valence-electron chi connectivity index (χ4n) is 3.63. The van der Waals surface area contributed by atoms with E-state index in [1.54, 1.807) is 11.8 Å². The molecule has 0 saturated carbocycles. The van der Waals surface area contributed by atoms with Crippen molar-refractivity contribution in [3.63, 3.8) is 0 Å². The number of aryl methyl sites for hydroxylation is 2. The van der Waals surface area contributed by atoms with Crippen molar-refractivity contribution in [2.45, 2.75) is 37.7 Å². The largest absolute Gasteiger partial charge is 0.344 e. The standard InChI is InChI=1S/C24H25N3OS/c1-16(2)27-23(28)22-21(20(14-26(22)4)18-11-6-5-7-12-18)25-24(27)29-15-19-13-9-8-10-17(19)3/h5-14,16H,15H2,1-4H3. The maximum Gasteiger partial charge on any atom is 0.278 e. The lowest BCUT2D eigenvalue weighted by atomic mass is 10.1. The molecule has 0 unspecified atom stereocenters.